The van der Waals surface area contributed by atoms with Crippen LogP contribution in [0.25, 0.3) is 0 Å². The van der Waals surface area contributed by atoms with Gasteiger partial charge < -0.3 is 56.8 Å². The molecular weight excluding hydrogens is 1220 g/mol. The maximum atomic E-state index is 15.9. The normalized spacial score (nSPS) is 13.2. The van der Waals surface area contributed by atoms with Gasteiger partial charge in [-0.25, -0.2) is 71.2 Å². The number of hydrogen-bond acceptors (Lipinski definition) is 24. The lowest BCUT2D eigenvalue weighted by molar-refractivity contribution is -0.217. The average molecular weight is 1310 g/mol. The van der Waals surface area contributed by atoms with Gasteiger partial charge in [0.05, 0.1) is 39.6 Å². The van der Waals surface area contributed by atoms with Crippen LogP contribution in [0.2, 0.25) is 0 Å². The standard InChI is InChI=1S/C66H93N3O24/c1-16-28-31-49(88-58(76)25-10)64(34-40-82-52(70)19-4,35-41-83-53(71)20-5)91-46(13)67-61(79)68(47(14)92-65(36-42-84-54(72)21-6,37-43-85-55(73)22-7)50(32-29-17-2)89-59(77)26-11)63(81)69(62(67)80)48(15)93-66(38-44-86-56(74)23-8,39-45-87-57(75)24-9)51(33-30-18-3)90-60(78)27-12/h19-27,46-51H,4-12,16-18,28-45H2,1-3,13-15H3. The molecule has 93 heavy (non-hydrogen) atoms. The van der Waals surface area contributed by atoms with Crippen molar-refractivity contribution in [3.63, 3.8) is 0 Å². The minimum absolute atomic E-state index is 0.00809. The van der Waals surface area contributed by atoms with Crippen molar-refractivity contribution in [2.24, 2.45) is 0 Å². The fourth-order valence-corrected chi connectivity index (χ4v) is 9.95. The summed E-state index contributed by atoms with van der Waals surface area (Å²) < 4.78 is 72.6. The predicted octanol–water partition coefficient (Wildman–Crippen LogP) is 7.57. The number of rotatable bonds is 51. The summed E-state index contributed by atoms with van der Waals surface area (Å²) >= 11 is 0. The third kappa shape index (κ3) is 26.4. The van der Waals surface area contributed by atoms with E-state index in [-0.39, 0.29) is 19.3 Å². The molecule has 1 rings (SSSR count). The van der Waals surface area contributed by atoms with E-state index in [2.05, 4.69) is 59.2 Å². The van der Waals surface area contributed by atoms with Crippen LogP contribution in [0.15, 0.2) is 128 Å². The Morgan fingerprint density at radius 1 is 0.333 bits per heavy atom. The molecule has 0 aliphatic carbocycles. The van der Waals surface area contributed by atoms with Crippen molar-refractivity contribution >= 4 is 53.7 Å². The molecule has 27 heteroatoms. The largest absolute Gasteiger partial charge is 0.462 e. The minimum atomic E-state index is -2.02. The van der Waals surface area contributed by atoms with E-state index in [1.54, 1.807) is 0 Å². The molecule has 516 valence electrons. The van der Waals surface area contributed by atoms with Crippen LogP contribution >= 0.6 is 0 Å². The first kappa shape index (κ1) is 82.2. The van der Waals surface area contributed by atoms with Gasteiger partial charge in [0, 0.05) is 93.2 Å². The van der Waals surface area contributed by atoms with Crippen molar-refractivity contribution in [2.45, 2.75) is 192 Å². The second-order valence-electron chi connectivity index (χ2n) is 20.8. The van der Waals surface area contributed by atoms with Gasteiger partial charge in [-0.05, 0) is 59.3 Å². The molecule has 1 aromatic rings. The van der Waals surface area contributed by atoms with Crippen molar-refractivity contribution in [1.29, 1.82) is 0 Å². The molecule has 1 heterocycles. The van der Waals surface area contributed by atoms with Crippen molar-refractivity contribution in [3.8, 4) is 0 Å². The summed E-state index contributed by atoms with van der Waals surface area (Å²) in [6, 6.07) is 0. The van der Waals surface area contributed by atoms with Gasteiger partial charge in [-0.1, -0.05) is 99.2 Å². The molecule has 0 aromatic carbocycles. The lowest BCUT2D eigenvalue weighted by Crippen LogP contribution is -2.60. The van der Waals surface area contributed by atoms with E-state index in [9.17, 15) is 43.2 Å². The monoisotopic (exact) mass is 1310 g/mol. The van der Waals surface area contributed by atoms with Gasteiger partial charge in [0.15, 0.2) is 0 Å². The number of nitrogens with zero attached hydrogens (tertiary/aromatic N) is 3. The van der Waals surface area contributed by atoms with Gasteiger partial charge in [-0.2, -0.15) is 0 Å². The Morgan fingerprint density at radius 2 is 0.505 bits per heavy atom. The fraction of sp³-hybridized carbons (Fsp3) is 0.545. The molecule has 6 atom stereocenters. The maximum Gasteiger partial charge on any atom is 0.340 e. The second kappa shape index (κ2) is 43.1. The van der Waals surface area contributed by atoms with Crippen molar-refractivity contribution in [3.05, 3.63) is 145 Å². The molecule has 0 amide bonds. The average Bonchev–Trinajstić information content (AvgIpc) is 0.752. The van der Waals surface area contributed by atoms with E-state index in [1.807, 2.05) is 20.8 Å². The molecular formula is C66H93N3O24. The quantitative estimate of drug-likeness (QED) is 0.0344. The number of hydrogen-bond donors (Lipinski definition) is 0. The molecule has 0 aliphatic heterocycles. The maximum absolute atomic E-state index is 15.9. The second-order valence-corrected chi connectivity index (χ2v) is 20.8. The fourth-order valence-electron chi connectivity index (χ4n) is 9.95. The topological polar surface area (TPSA) is 330 Å². The summed E-state index contributed by atoms with van der Waals surface area (Å²) in [5, 5.41) is 0. The number of esters is 9. The van der Waals surface area contributed by atoms with Crippen LogP contribution in [-0.4, -0.2) is 142 Å². The highest BCUT2D eigenvalue weighted by atomic mass is 16.6. The van der Waals surface area contributed by atoms with Gasteiger partial charge in [0.2, 0.25) is 0 Å². The molecule has 0 radical (unpaired) electrons. The smallest absolute Gasteiger partial charge is 0.340 e. The Bertz CT molecular complexity index is 2550. The first-order valence-corrected chi connectivity index (χ1v) is 30.5. The summed E-state index contributed by atoms with van der Waals surface area (Å²) in [6.07, 6.45) is -2.22. The van der Waals surface area contributed by atoms with Gasteiger partial charge in [0.1, 0.15) is 53.8 Å². The predicted molar refractivity (Wildman–Crippen MR) is 338 cm³/mol. The van der Waals surface area contributed by atoms with Crippen LogP contribution in [0.1, 0.15) is 157 Å². The van der Waals surface area contributed by atoms with Gasteiger partial charge in [-0.3, -0.25) is 0 Å². The lowest BCUT2D eigenvalue weighted by atomic mass is 9.86. The van der Waals surface area contributed by atoms with E-state index in [0.717, 1.165) is 54.7 Å². The molecule has 0 fully saturated rings. The van der Waals surface area contributed by atoms with E-state index in [4.69, 9.17) is 56.8 Å². The molecule has 0 saturated heterocycles. The zero-order valence-electron chi connectivity index (χ0n) is 54.5. The Morgan fingerprint density at radius 3 is 0.656 bits per heavy atom. The van der Waals surface area contributed by atoms with Crippen molar-refractivity contribution < 1.29 is 100.0 Å². The minimum Gasteiger partial charge on any atom is -0.462 e. The third-order valence-electron chi connectivity index (χ3n) is 14.7. The first-order valence-electron chi connectivity index (χ1n) is 30.5. The third-order valence-corrected chi connectivity index (χ3v) is 14.7. The van der Waals surface area contributed by atoms with E-state index in [0.29, 0.717) is 52.2 Å². The van der Waals surface area contributed by atoms with Crippen molar-refractivity contribution in [2.75, 3.05) is 39.6 Å². The van der Waals surface area contributed by atoms with Gasteiger partial charge in [0.25, 0.3) is 0 Å². The summed E-state index contributed by atoms with van der Waals surface area (Å²) in [4.78, 5) is 163. The number of carbonyl (C=O) groups is 9. The van der Waals surface area contributed by atoms with Gasteiger partial charge in [-0.15, -0.1) is 0 Å². The SMILES string of the molecule is C=CC(=O)OCCC(CCOC(=O)C=C)(OC(C)n1c(=O)n(C(C)OC(CCOC(=O)C=C)(CCOC(=O)C=C)C(CCCC)OC(=O)C=C)c(=O)n(C(C)OC(CCOC(=O)C=C)(CCOC(=O)C=C)C(CCCC)OC(=O)C=C)c1=O)C(CCCC)OC(=O)C=C. The molecule has 1 aromatic heterocycles. The van der Waals surface area contributed by atoms with Crippen LogP contribution in [-0.2, 0) is 100.0 Å². The summed E-state index contributed by atoms with van der Waals surface area (Å²) in [6.45, 7) is 37.2. The molecule has 0 spiro atoms. The van der Waals surface area contributed by atoms with E-state index >= 15 is 14.4 Å². The first-order chi connectivity index (χ1) is 44.2. The summed E-state index contributed by atoms with van der Waals surface area (Å²) in [5.41, 5.74) is -10.5. The van der Waals surface area contributed by atoms with Gasteiger partial charge >= 0.3 is 70.8 Å². The van der Waals surface area contributed by atoms with Crippen molar-refractivity contribution in [1.82, 2.24) is 13.7 Å². The van der Waals surface area contributed by atoms with Crippen LogP contribution < -0.4 is 17.1 Å². The number of ether oxygens (including phenoxy) is 12. The molecule has 0 bridgehead atoms. The van der Waals surface area contributed by atoms with Crippen LogP contribution in [0.3, 0.4) is 0 Å². The highest BCUT2D eigenvalue weighted by Gasteiger charge is 2.49. The summed E-state index contributed by atoms with van der Waals surface area (Å²) in [7, 11) is 0. The van der Waals surface area contributed by atoms with Crippen LogP contribution in [0.4, 0.5) is 0 Å². The molecule has 6 unspecified atom stereocenters. The zero-order chi connectivity index (χ0) is 70.3. The lowest BCUT2D eigenvalue weighted by Gasteiger charge is -2.43. The molecule has 27 nitrogen and oxygen atoms in total. The number of carbonyl (C=O) groups excluding carboxylic acids is 9. The van der Waals surface area contributed by atoms with E-state index in [1.165, 1.54) is 20.8 Å². The van der Waals surface area contributed by atoms with Crippen LogP contribution in [0, 0.1) is 0 Å². The number of unbranched alkanes of at least 4 members (excludes halogenated alkanes) is 3. The Labute approximate surface area is 542 Å². The zero-order valence-corrected chi connectivity index (χ0v) is 54.5. The molecule has 0 N–H and O–H groups in total. The molecule has 0 saturated carbocycles. The highest BCUT2D eigenvalue weighted by Crippen LogP contribution is 2.38. The Balaban J connectivity index is 5.23. The van der Waals surface area contributed by atoms with E-state index < -0.39 is 203 Å². The molecule has 0 aliphatic rings. The Kier molecular flexibility index (Phi) is 38.1. The highest BCUT2D eigenvalue weighted by molar-refractivity contribution is 5.84. The number of aromatic nitrogens is 3. The van der Waals surface area contributed by atoms with Crippen LogP contribution in [0.5, 0.6) is 0 Å². The summed E-state index contributed by atoms with van der Waals surface area (Å²) in [5.74, 6) is -8.28. The Hall–Kier alpha value is -8.82.